The van der Waals surface area contributed by atoms with Gasteiger partial charge in [0.15, 0.2) is 6.10 Å². The maximum Gasteiger partial charge on any atom is 0.338 e. The quantitative estimate of drug-likeness (QED) is 0.443. The first kappa shape index (κ1) is 23.7. The zero-order valence-corrected chi connectivity index (χ0v) is 20.0. The molecule has 1 heterocycles. The van der Waals surface area contributed by atoms with Gasteiger partial charge in [-0.05, 0) is 56.0 Å². The number of rotatable bonds is 6. The number of hydrogen-bond donors (Lipinski definition) is 0. The topological polar surface area (TPSA) is 72.9 Å². The second-order valence-electron chi connectivity index (χ2n) is 9.86. The van der Waals surface area contributed by atoms with Crippen LogP contribution in [-0.2, 0) is 25.7 Å². The molecular weight excluding hydrogens is 430 g/mol. The lowest BCUT2D eigenvalue weighted by atomic mass is 9.88. The Morgan fingerprint density at radius 1 is 1.06 bits per heavy atom. The van der Waals surface area contributed by atoms with Crippen LogP contribution in [0.1, 0.15) is 56.0 Å². The van der Waals surface area contributed by atoms with Gasteiger partial charge in [-0.2, -0.15) is 0 Å². The van der Waals surface area contributed by atoms with Gasteiger partial charge < -0.3 is 14.4 Å². The van der Waals surface area contributed by atoms with E-state index < -0.39 is 17.5 Å². The largest absolute Gasteiger partial charge is 0.457 e. The maximum absolute atomic E-state index is 13.2. The third kappa shape index (κ3) is 5.22. The van der Waals surface area contributed by atoms with Crippen molar-refractivity contribution in [2.45, 2.75) is 52.7 Å². The van der Waals surface area contributed by atoms with Gasteiger partial charge in [0.25, 0.3) is 5.91 Å². The molecule has 0 bridgehead atoms. The van der Waals surface area contributed by atoms with E-state index in [1.54, 1.807) is 29.2 Å². The lowest BCUT2D eigenvalue weighted by Crippen LogP contribution is -2.38. The van der Waals surface area contributed by atoms with Crippen molar-refractivity contribution in [2.24, 2.45) is 11.3 Å². The number of benzene rings is 2. The zero-order chi connectivity index (χ0) is 24.3. The number of esters is 2. The normalized spacial score (nSPS) is 21.7. The molecule has 2 atom stereocenters. The van der Waals surface area contributed by atoms with Crippen LogP contribution in [0.3, 0.4) is 0 Å². The minimum Gasteiger partial charge on any atom is -0.457 e. The molecule has 2 aliphatic rings. The Labute approximate surface area is 200 Å². The predicted octanol–water partition coefficient (Wildman–Crippen LogP) is 5.07. The number of nitrogens with zero attached hydrogens (tertiary/aromatic N) is 1. The SMILES string of the molecule is CC1=CCC(C(=O)OC2C(=O)N(c3ccc(C(=O)OCc4ccccc4)cc3)CC2(C)C)CC1. The Kier molecular flexibility index (Phi) is 6.87. The van der Waals surface area contributed by atoms with Crippen LogP contribution in [0.2, 0.25) is 0 Å². The molecule has 2 aromatic carbocycles. The summed E-state index contributed by atoms with van der Waals surface area (Å²) in [5.74, 6) is -1.15. The van der Waals surface area contributed by atoms with Crippen molar-refractivity contribution in [3.05, 3.63) is 77.4 Å². The van der Waals surface area contributed by atoms with Crippen molar-refractivity contribution in [2.75, 3.05) is 11.4 Å². The monoisotopic (exact) mass is 461 g/mol. The van der Waals surface area contributed by atoms with Crippen LogP contribution >= 0.6 is 0 Å². The van der Waals surface area contributed by atoms with E-state index in [2.05, 4.69) is 13.0 Å². The molecular formula is C28H31NO5. The van der Waals surface area contributed by atoms with Gasteiger partial charge in [0.1, 0.15) is 6.61 Å². The van der Waals surface area contributed by atoms with E-state index in [4.69, 9.17) is 9.47 Å². The smallest absolute Gasteiger partial charge is 0.338 e. The van der Waals surface area contributed by atoms with Crippen molar-refractivity contribution < 1.29 is 23.9 Å². The Hall–Kier alpha value is -3.41. The van der Waals surface area contributed by atoms with Crippen molar-refractivity contribution in [3.63, 3.8) is 0 Å². The van der Waals surface area contributed by atoms with Gasteiger partial charge >= 0.3 is 11.9 Å². The highest BCUT2D eigenvalue weighted by atomic mass is 16.6. The Morgan fingerprint density at radius 2 is 1.76 bits per heavy atom. The van der Waals surface area contributed by atoms with E-state index in [0.717, 1.165) is 18.4 Å². The predicted molar refractivity (Wildman–Crippen MR) is 129 cm³/mol. The molecule has 1 amide bonds. The van der Waals surface area contributed by atoms with E-state index in [0.29, 0.717) is 24.2 Å². The molecule has 0 radical (unpaired) electrons. The molecule has 178 valence electrons. The van der Waals surface area contributed by atoms with Gasteiger partial charge in [-0.15, -0.1) is 0 Å². The Morgan fingerprint density at radius 3 is 2.41 bits per heavy atom. The summed E-state index contributed by atoms with van der Waals surface area (Å²) in [6, 6.07) is 16.2. The number of anilines is 1. The summed E-state index contributed by atoms with van der Waals surface area (Å²) in [5, 5.41) is 0. The fourth-order valence-electron chi connectivity index (χ4n) is 4.45. The highest BCUT2D eigenvalue weighted by molar-refractivity contribution is 6.01. The summed E-state index contributed by atoms with van der Waals surface area (Å²) < 4.78 is 11.1. The lowest BCUT2D eigenvalue weighted by molar-refractivity contribution is -0.162. The average molecular weight is 462 g/mol. The van der Waals surface area contributed by atoms with Gasteiger partial charge in [0.05, 0.1) is 11.5 Å². The molecule has 4 rings (SSSR count). The standard InChI is InChI=1S/C28H31NO5/c1-19-9-11-22(12-10-19)27(32)34-24-25(30)29(18-28(24,2)3)23-15-13-21(14-16-23)26(31)33-17-20-7-5-4-6-8-20/h4-9,13-16,22,24H,10-12,17-18H2,1-3H3. The number of carbonyl (C=O) groups excluding carboxylic acids is 3. The molecule has 1 fully saturated rings. The molecule has 2 aromatic rings. The number of hydrogen-bond acceptors (Lipinski definition) is 5. The van der Waals surface area contributed by atoms with Crippen LogP contribution in [0.5, 0.6) is 0 Å². The fourth-order valence-corrected chi connectivity index (χ4v) is 4.45. The van der Waals surface area contributed by atoms with Gasteiger partial charge in [0.2, 0.25) is 0 Å². The summed E-state index contributed by atoms with van der Waals surface area (Å²) in [6.07, 6.45) is 3.55. The molecule has 34 heavy (non-hydrogen) atoms. The van der Waals surface area contributed by atoms with E-state index in [1.165, 1.54) is 5.57 Å². The first-order valence-electron chi connectivity index (χ1n) is 11.7. The van der Waals surface area contributed by atoms with Gasteiger partial charge in [0, 0.05) is 17.6 Å². The zero-order valence-electron chi connectivity index (χ0n) is 20.0. The molecule has 6 nitrogen and oxygen atoms in total. The van der Waals surface area contributed by atoms with Crippen LogP contribution < -0.4 is 4.90 Å². The van der Waals surface area contributed by atoms with Crippen LogP contribution in [0.25, 0.3) is 0 Å². The third-order valence-corrected chi connectivity index (χ3v) is 6.60. The highest BCUT2D eigenvalue weighted by Gasteiger charge is 2.49. The number of ether oxygens (including phenoxy) is 2. The van der Waals surface area contributed by atoms with Crippen LogP contribution in [0.15, 0.2) is 66.2 Å². The van der Waals surface area contributed by atoms with Crippen molar-refractivity contribution >= 4 is 23.5 Å². The highest BCUT2D eigenvalue weighted by Crippen LogP contribution is 2.37. The summed E-state index contributed by atoms with van der Waals surface area (Å²) in [4.78, 5) is 40.0. The molecule has 0 N–H and O–H groups in total. The van der Waals surface area contributed by atoms with Gasteiger partial charge in [-0.25, -0.2) is 4.79 Å². The van der Waals surface area contributed by atoms with Gasteiger partial charge in [-0.1, -0.05) is 55.8 Å². The summed E-state index contributed by atoms with van der Waals surface area (Å²) in [5.41, 5.74) is 2.75. The second kappa shape index (κ2) is 9.84. The second-order valence-corrected chi connectivity index (χ2v) is 9.86. The minimum atomic E-state index is -0.831. The third-order valence-electron chi connectivity index (χ3n) is 6.60. The molecule has 2 unspecified atom stereocenters. The van der Waals surface area contributed by atoms with Gasteiger partial charge in [-0.3, -0.25) is 9.59 Å². The Bertz CT molecular complexity index is 1090. The lowest BCUT2D eigenvalue weighted by Gasteiger charge is -2.26. The molecule has 6 heteroatoms. The van der Waals surface area contributed by atoms with Crippen molar-refractivity contribution in [3.8, 4) is 0 Å². The molecule has 0 spiro atoms. The van der Waals surface area contributed by atoms with Crippen LogP contribution in [0.4, 0.5) is 5.69 Å². The molecule has 1 aliphatic heterocycles. The minimum absolute atomic E-state index is 0.192. The number of allylic oxidation sites excluding steroid dienone is 2. The first-order chi connectivity index (χ1) is 16.2. The summed E-state index contributed by atoms with van der Waals surface area (Å²) in [6.45, 7) is 6.55. The van der Waals surface area contributed by atoms with E-state index >= 15 is 0 Å². The molecule has 0 saturated carbocycles. The van der Waals surface area contributed by atoms with E-state index in [-0.39, 0.29) is 24.4 Å². The number of carbonyl (C=O) groups is 3. The number of amides is 1. The first-order valence-corrected chi connectivity index (χ1v) is 11.7. The summed E-state index contributed by atoms with van der Waals surface area (Å²) >= 11 is 0. The maximum atomic E-state index is 13.2. The van der Waals surface area contributed by atoms with Crippen molar-refractivity contribution in [1.29, 1.82) is 0 Å². The summed E-state index contributed by atoms with van der Waals surface area (Å²) in [7, 11) is 0. The Balaban J connectivity index is 1.39. The fraction of sp³-hybridized carbons (Fsp3) is 0.393. The van der Waals surface area contributed by atoms with Crippen molar-refractivity contribution in [1.82, 2.24) is 0 Å². The molecule has 0 aromatic heterocycles. The average Bonchev–Trinajstić information content (AvgIpc) is 3.07. The van der Waals surface area contributed by atoms with Crippen LogP contribution in [0, 0.1) is 11.3 Å². The van der Waals surface area contributed by atoms with E-state index in [9.17, 15) is 14.4 Å². The molecule has 1 saturated heterocycles. The molecule has 1 aliphatic carbocycles. The van der Waals surface area contributed by atoms with E-state index in [1.807, 2.05) is 44.2 Å². The van der Waals surface area contributed by atoms with Crippen LogP contribution in [-0.4, -0.2) is 30.5 Å².